The van der Waals surface area contributed by atoms with Crippen molar-refractivity contribution in [2.75, 3.05) is 0 Å². The molecule has 0 aliphatic heterocycles. The van der Waals surface area contributed by atoms with Gasteiger partial charge in [-0.1, -0.05) is 81.3 Å². The lowest BCUT2D eigenvalue weighted by Crippen LogP contribution is -2.14. The number of unbranched alkanes of at least 4 members (excludes halogenated alkanes) is 4. The fraction of sp³-hybridized carbons (Fsp3) is 0.368. The number of hydrogen-bond donors (Lipinski definition) is 0. The molecule has 1 aliphatic rings. The molecule has 1 aliphatic carbocycles. The van der Waals surface area contributed by atoms with E-state index in [-0.39, 0.29) is 27.7 Å². The molecule has 3 aromatic carbocycles. The van der Waals surface area contributed by atoms with Crippen LogP contribution in [0.5, 0.6) is 11.5 Å². The normalized spacial score (nSPS) is 15.8. The minimum absolute atomic E-state index is 0.0143. The number of esters is 2. The van der Waals surface area contributed by atoms with E-state index >= 15 is 0 Å². The van der Waals surface area contributed by atoms with Crippen LogP contribution in [-0.2, 0) is 0 Å². The van der Waals surface area contributed by atoms with E-state index in [2.05, 4.69) is 6.92 Å². The van der Waals surface area contributed by atoms with Gasteiger partial charge < -0.3 is 9.47 Å². The average Bonchev–Trinajstić information content (AvgIpc) is 3.06. The van der Waals surface area contributed by atoms with Gasteiger partial charge in [-0.2, -0.15) is 10.5 Å². The molecular formula is C38H39ClN2O4. The van der Waals surface area contributed by atoms with Gasteiger partial charge in [0.25, 0.3) is 0 Å². The molecule has 0 amide bonds. The van der Waals surface area contributed by atoms with Gasteiger partial charge in [-0.25, -0.2) is 9.59 Å². The number of ether oxygens (including phenoxy) is 2. The van der Waals surface area contributed by atoms with Crippen molar-refractivity contribution in [3.63, 3.8) is 0 Å². The number of hydrogen-bond acceptors (Lipinski definition) is 6. The summed E-state index contributed by atoms with van der Waals surface area (Å²) in [5, 5.41) is 18.2. The highest BCUT2D eigenvalue weighted by Crippen LogP contribution is 2.38. The number of benzene rings is 3. The van der Waals surface area contributed by atoms with Crippen LogP contribution in [0.2, 0.25) is 5.02 Å². The molecule has 45 heavy (non-hydrogen) atoms. The Labute approximate surface area is 271 Å². The van der Waals surface area contributed by atoms with Gasteiger partial charge in [0.2, 0.25) is 0 Å². The van der Waals surface area contributed by atoms with Gasteiger partial charge >= 0.3 is 11.9 Å². The van der Waals surface area contributed by atoms with Crippen molar-refractivity contribution in [2.45, 2.75) is 84.0 Å². The molecule has 6 nitrogen and oxygen atoms in total. The molecule has 0 bridgehead atoms. The van der Waals surface area contributed by atoms with Crippen LogP contribution in [0.3, 0.4) is 0 Å². The second-order valence-corrected chi connectivity index (χ2v) is 12.1. The first-order chi connectivity index (χ1) is 21.8. The number of carbonyl (C=O) groups is 2. The first-order valence-electron chi connectivity index (χ1n) is 15.8. The topological polar surface area (TPSA) is 100 Å². The highest BCUT2D eigenvalue weighted by Gasteiger charge is 2.23. The third kappa shape index (κ3) is 9.30. The maximum Gasteiger partial charge on any atom is 0.345 e. The van der Waals surface area contributed by atoms with Gasteiger partial charge in [-0.15, -0.1) is 0 Å². The second kappa shape index (κ2) is 16.6. The van der Waals surface area contributed by atoms with Crippen LogP contribution in [-0.4, -0.2) is 11.9 Å². The Hall–Kier alpha value is -4.39. The Morgan fingerprint density at radius 1 is 0.778 bits per heavy atom. The lowest BCUT2D eigenvalue weighted by molar-refractivity contribution is 0.0730. The Balaban J connectivity index is 1.28. The monoisotopic (exact) mass is 622 g/mol. The van der Waals surface area contributed by atoms with Crippen LogP contribution < -0.4 is 9.47 Å². The molecule has 0 saturated heterocycles. The smallest absolute Gasteiger partial charge is 0.345 e. The van der Waals surface area contributed by atoms with Crippen LogP contribution in [0.1, 0.15) is 116 Å². The number of nitrogens with zero attached hydrogens (tertiary/aromatic N) is 2. The summed E-state index contributed by atoms with van der Waals surface area (Å²) in [7, 11) is 0. The van der Waals surface area contributed by atoms with Gasteiger partial charge in [0.05, 0.1) is 16.1 Å². The second-order valence-electron chi connectivity index (χ2n) is 11.7. The summed E-state index contributed by atoms with van der Waals surface area (Å²) < 4.78 is 11.0. The molecule has 3 aromatic rings. The minimum atomic E-state index is -0.677. The zero-order valence-corrected chi connectivity index (χ0v) is 26.7. The Kier molecular flexibility index (Phi) is 12.4. The number of allylic oxidation sites excluding steroid dienone is 2. The maximum atomic E-state index is 12.8. The number of halogens is 1. The molecule has 232 valence electrons. The van der Waals surface area contributed by atoms with Crippen LogP contribution in [0, 0.1) is 28.6 Å². The first-order valence-corrected chi connectivity index (χ1v) is 16.2. The van der Waals surface area contributed by atoms with Gasteiger partial charge in [0.15, 0.2) is 0 Å². The van der Waals surface area contributed by atoms with E-state index in [1.807, 2.05) is 36.4 Å². The molecule has 0 atom stereocenters. The summed E-state index contributed by atoms with van der Waals surface area (Å²) in [6.45, 7) is 3.93. The predicted octanol–water partition coefficient (Wildman–Crippen LogP) is 10.2. The summed E-state index contributed by atoms with van der Waals surface area (Å²) >= 11 is 6.36. The standard InChI is InChI=1S/C38H39ClN2O4/c1-3-4-5-6-7-8-27-9-11-29(12-10-27)30-13-15-31(16-14-30)37(42)45-34-21-22-35(36(39)23-34)38(43)44-33-19-17-28(18-20-33)26(2)32(24-40)25-41/h13-23,27,29H,3-12H2,1-2H3. The Morgan fingerprint density at radius 3 is 2.00 bits per heavy atom. The summed E-state index contributed by atoms with van der Waals surface area (Å²) in [6.07, 6.45) is 13.0. The van der Waals surface area contributed by atoms with Crippen molar-refractivity contribution in [1.82, 2.24) is 0 Å². The zero-order valence-electron chi connectivity index (χ0n) is 26.0. The van der Waals surface area contributed by atoms with E-state index in [4.69, 9.17) is 31.6 Å². The zero-order chi connectivity index (χ0) is 32.2. The molecule has 1 fully saturated rings. The van der Waals surface area contributed by atoms with Crippen molar-refractivity contribution in [3.05, 3.63) is 99.6 Å². The molecule has 1 saturated carbocycles. The lowest BCUT2D eigenvalue weighted by atomic mass is 9.77. The molecule has 0 radical (unpaired) electrons. The van der Waals surface area contributed by atoms with Crippen molar-refractivity contribution in [2.24, 2.45) is 5.92 Å². The predicted molar refractivity (Wildman–Crippen MR) is 176 cm³/mol. The van der Waals surface area contributed by atoms with Crippen molar-refractivity contribution in [3.8, 4) is 23.6 Å². The van der Waals surface area contributed by atoms with E-state index in [9.17, 15) is 9.59 Å². The van der Waals surface area contributed by atoms with Crippen LogP contribution in [0.15, 0.2) is 72.3 Å². The molecule has 0 spiro atoms. The molecule has 7 heteroatoms. The molecule has 0 unspecified atom stereocenters. The van der Waals surface area contributed by atoms with Crippen molar-refractivity contribution in [1.29, 1.82) is 10.5 Å². The number of rotatable bonds is 12. The highest BCUT2D eigenvalue weighted by molar-refractivity contribution is 6.33. The molecule has 0 aromatic heterocycles. The van der Waals surface area contributed by atoms with E-state index < -0.39 is 11.9 Å². The SMILES string of the molecule is CCCCCCCC1CCC(c2ccc(C(=O)Oc3ccc(C(=O)Oc4ccc(C(C)=C(C#N)C#N)cc4)c(Cl)c3)cc2)CC1. The molecule has 0 N–H and O–H groups in total. The quantitative estimate of drug-likeness (QED) is 0.0862. The average molecular weight is 623 g/mol. The van der Waals surface area contributed by atoms with E-state index in [0.29, 0.717) is 22.6 Å². The van der Waals surface area contributed by atoms with E-state index in [1.165, 1.54) is 88.0 Å². The highest BCUT2D eigenvalue weighted by atomic mass is 35.5. The third-order valence-electron chi connectivity index (χ3n) is 8.65. The Bertz CT molecular complexity index is 1570. The fourth-order valence-electron chi connectivity index (χ4n) is 5.88. The van der Waals surface area contributed by atoms with E-state index in [0.717, 1.165) is 5.92 Å². The maximum absolute atomic E-state index is 12.8. The van der Waals surface area contributed by atoms with Crippen molar-refractivity contribution < 1.29 is 19.1 Å². The van der Waals surface area contributed by atoms with Crippen LogP contribution in [0.25, 0.3) is 5.57 Å². The minimum Gasteiger partial charge on any atom is -0.423 e. The number of carbonyl (C=O) groups excluding carboxylic acids is 2. The molecule has 4 rings (SSSR count). The molecule has 0 heterocycles. The van der Waals surface area contributed by atoms with Crippen LogP contribution >= 0.6 is 11.6 Å². The van der Waals surface area contributed by atoms with Gasteiger partial charge in [0.1, 0.15) is 29.2 Å². The summed E-state index contributed by atoms with van der Waals surface area (Å²) in [4.78, 5) is 25.6. The van der Waals surface area contributed by atoms with E-state index in [1.54, 1.807) is 31.2 Å². The first kappa shape index (κ1) is 33.5. The summed E-state index contributed by atoms with van der Waals surface area (Å²) in [5.74, 6) is 0.704. The van der Waals surface area contributed by atoms with Gasteiger partial charge in [-0.05, 0) is 97.5 Å². The largest absolute Gasteiger partial charge is 0.423 e. The van der Waals surface area contributed by atoms with Crippen molar-refractivity contribution >= 4 is 29.1 Å². The van der Waals surface area contributed by atoms with Crippen LogP contribution in [0.4, 0.5) is 0 Å². The van der Waals surface area contributed by atoms with Gasteiger partial charge in [0, 0.05) is 6.07 Å². The van der Waals surface area contributed by atoms with Gasteiger partial charge in [-0.3, -0.25) is 0 Å². The molecular weight excluding hydrogens is 584 g/mol. The number of nitriles is 2. The third-order valence-corrected chi connectivity index (χ3v) is 8.96. The summed E-state index contributed by atoms with van der Waals surface area (Å²) in [6, 6.07) is 22.2. The lowest BCUT2D eigenvalue weighted by Gasteiger charge is -2.29. The fourth-order valence-corrected chi connectivity index (χ4v) is 6.12. The Morgan fingerprint density at radius 2 is 1.38 bits per heavy atom. The summed E-state index contributed by atoms with van der Waals surface area (Å²) in [5.41, 5.74) is 3.04.